The van der Waals surface area contributed by atoms with Gasteiger partial charge >= 0.3 is 0 Å². The third kappa shape index (κ3) is 5.58. The number of nitrogens with one attached hydrogen (secondary N) is 2. The summed E-state index contributed by atoms with van der Waals surface area (Å²) in [4.78, 5) is 0.258. The van der Waals surface area contributed by atoms with Crippen molar-refractivity contribution >= 4 is 21.6 Å². The summed E-state index contributed by atoms with van der Waals surface area (Å²) in [5.41, 5.74) is 1.71. The van der Waals surface area contributed by atoms with Crippen LogP contribution in [0, 0.1) is 12.3 Å². The normalized spacial score (nSPS) is 12.7. The smallest absolute Gasteiger partial charge is 0.240 e. The van der Waals surface area contributed by atoms with Crippen molar-refractivity contribution in [3.05, 3.63) is 28.3 Å². The Hall–Kier alpha value is -0.620. The van der Waals surface area contributed by atoms with E-state index in [1.54, 1.807) is 13.0 Å². The van der Waals surface area contributed by atoms with Gasteiger partial charge in [-0.2, -0.15) is 0 Å². The van der Waals surface area contributed by atoms with Crippen LogP contribution < -0.4 is 10.0 Å². The lowest BCUT2D eigenvalue weighted by molar-refractivity contribution is 0.378. The van der Waals surface area contributed by atoms with E-state index >= 15 is 0 Å². The van der Waals surface area contributed by atoms with Crippen LogP contribution in [0.5, 0.6) is 0 Å². The Balaban J connectivity index is 3.03. The van der Waals surface area contributed by atoms with Gasteiger partial charge in [0.25, 0.3) is 0 Å². The molecule has 0 amide bonds. The SMILES string of the molecule is CNCc1cc(Cl)cc(S(=O)(=O)NCCC(C)(C)C)c1C. The van der Waals surface area contributed by atoms with Gasteiger partial charge in [0.15, 0.2) is 0 Å². The summed E-state index contributed by atoms with van der Waals surface area (Å²) in [5.74, 6) is 0. The van der Waals surface area contributed by atoms with Crippen LogP contribution >= 0.6 is 11.6 Å². The van der Waals surface area contributed by atoms with Gasteiger partial charge in [-0.15, -0.1) is 0 Å². The molecule has 0 fully saturated rings. The van der Waals surface area contributed by atoms with Crippen LogP contribution in [-0.2, 0) is 16.6 Å². The molecule has 0 atom stereocenters. The summed E-state index contributed by atoms with van der Waals surface area (Å²) < 4.78 is 27.6. The van der Waals surface area contributed by atoms with Gasteiger partial charge in [0.1, 0.15) is 0 Å². The topological polar surface area (TPSA) is 58.2 Å². The van der Waals surface area contributed by atoms with Crippen molar-refractivity contribution in [1.82, 2.24) is 10.0 Å². The molecule has 120 valence electrons. The van der Waals surface area contributed by atoms with Crippen molar-refractivity contribution < 1.29 is 8.42 Å². The fraction of sp³-hybridized carbons (Fsp3) is 0.600. The minimum Gasteiger partial charge on any atom is -0.316 e. The number of hydrogen-bond acceptors (Lipinski definition) is 3. The fourth-order valence-electron chi connectivity index (χ4n) is 2.00. The molecule has 0 aliphatic rings. The van der Waals surface area contributed by atoms with Crippen molar-refractivity contribution in [3.63, 3.8) is 0 Å². The van der Waals surface area contributed by atoms with Crippen molar-refractivity contribution in [3.8, 4) is 0 Å². The highest BCUT2D eigenvalue weighted by atomic mass is 35.5. The van der Waals surface area contributed by atoms with E-state index in [-0.39, 0.29) is 10.3 Å². The Labute approximate surface area is 133 Å². The third-order valence-electron chi connectivity index (χ3n) is 3.26. The predicted octanol–water partition coefficient (Wildman–Crippen LogP) is 3.08. The fourth-order valence-corrected chi connectivity index (χ4v) is 3.65. The highest BCUT2D eigenvalue weighted by molar-refractivity contribution is 7.89. The molecular formula is C15H25ClN2O2S. The van der Waals surface area contributed by atoms with Crippen LogP contribution in [0.4, 0.5) is 0 Å². The molecule has 0 aromatic heterocycles. The maximum atomic E-state index is 12.5. The van der Waals surface area contributed by atoms with E-state index in [2.05, 4.69) is 30.8 Å². The molecule has 4 nitrogen and oxygen atoms in total. The zero-order valence-corrected chi connectivity index (χ0v) is 15.0. The first-order chi connectivity index (χ1) is 9.57. The Morgan fingerprint density at radius 3 is 2.38 bits per heavy atom. The number of halogens is 1. The first-order valence-electron chi connectivity index (χ1n) is 7.00. The van der Waals surface area contributed by atoms with E-state index < -0.39 is 10.0 Å². The quantitative estimate of drug-likeness (QED) is 0.841. The van der Waals surface area contributed by atoms with E-state index in [1.807, 2.05) is 7.05 Å². The molecule has 1 aromatic carbocycles. The molecule has 0 radical (unpaired) electrons. The van der Waals surface area contributed by atoms with E-state index in [0.717, 1.165) is 17.5 Å². The molecule has 0 aliphatic heterocycles. The van der Waals surface area contributed by atoms with E-state index in [4.69, 9.17) is 11.6 Å². The molecule has 0 unspecified atom stereocenters. The average Bonchev–Trinajstić information content (AvgIpc) is 2.31. The second-order valence-corrected chi connectivity index (χ2v) is 8.60. The molecule has 0 saturated heterocycles. The summed E-state index contributed by atoms with van der Waals surface area (Å²) >= 11 is 6.05. The molecule has 0 saturated carbocycles. The van der Waals surface area contributed by atoms with Gasteiger partial charge in [-0.1, -0.05) is 32.4 Å². The van der Waals surface area contributed by atoms with Gasteiger partial charge < -0.3 is 5.32 Å². The van der Waals surface area contributed by atoms with Gasteiger partial charge in [-0.05, 0) is 49.1 Å². The molecule has 1 aromatic rings. The minimum absolute atomic E-state index is 0.0865. The maximum absolute atomic E-state index is 12.5. The van der Waals surface area contributed by atoms with Gasteiger partial charge in [0.05, 0.1) is 4.90 Å². The van der Waals surface area contributed by atoms with Crippen molar-refractivity contribution in [2.75, 3.05) is 13.6 Å². The molecule has 0 spiro atoms. The largest absolute Gasteiger partial charge is 0.316 e. The van der Waals surface area contributed by atoms with E-state index in [1.165, 1.54) is 6.07 Å². The molecule has 0 aliphatic carbocycles. The van der Waals surface area contributed by atoms with Crippen molar-refractivity contribution in [1.29, 1.82) is 0 Å². The summed E-state index contributed by atoms with van der Waals surface area (Å²) in [6, 6.07) is 3.30. The Morgan fingerprint density at radius 2 is 1.86 bits per heavy atom. The molecule has 0 bridgehead atoms. The number of hydrogen-bond donors (Lipinski definition) is 2. The third-order valence-corrected chi connectivity index (χ3v) is 5.06. The lowest BCUT2D eigenvalue weighted by atomic mass is 9.93. The van der Waals surface area contributed by atoms with E-state index in [0.29, 0.717) is 18.1 Å². The lowest BCUT2D eigenvalue weighted by Crippen LogP contribution is -2.28. The summed E-state index contributed by atoms with van der Waals surface area (Å²) in [5, 5.41) is 3.45. The maximum Gasteiger partial charge on any atom is 0.240 e. The van der Waals surface area contributed by atoms with Gasteiger partial charge in [-0.25, -0.2) is 13.1 Å². The molecular weight excluding hydrogens is 308 g/mol. The zero-order chi connectivity index (χ0) is 16.3. The van der Waals surface area contributed by atoms with Crippen LogP contribution in [0.15, 0.2) is 17.0 Å². The van der Waals surface area contributed by atoms with Crippen LogP contribution in [0.1, 0.15) is 38.3 Å². The predicted molar refractivity (Wildman–Crippen MR) is 88.2 cm³/mol. The second kappa shape index (κ2) is 7.09. The minimum atomic E-state index is -3.54. The summed E-state index contributed by atoms with van der Waals surface area (Å²) in [7, 11) is -1.72. The first kappa shape index (κ1) is 18.4. The van der Waals surface area contributed by atoms with Crippen LogP contribution in [0.3, 0.4) is 0 Å². The van der Waals surface area contributed by atoms with Crippen LogP contribution in [0.25, 0.3) is 0 Å². The molecule has 6 heteroatoms. The highest BCUT2D eigenvalue weighted by Gasteiger charge is 2.20. The Morgan fingerprint density at radius 1 is 1.24 bits per heavy atom. The Kier molecular flexibility index (Phi) is 6.23. The second-order valence-electron chi connectivity index (χ2n) is 6.43. The van der Waals surface area contributed by atoms with Crippen LogP contribution in [-0.4, -0.2) is 22.0 Å². The highest BCUT2D eigenvalue weighted by Crippen LogP contribution is 2.25. The molecule has 1 rings (SSSR count). The first-order valence-corrected chi connectivity index (χ1v) is 8.86. The zero-order valence-electron chi connectivity index (χ0n) is 13.4. The number of rotatable bonds is 6. The standard InChI is InChI=1S/C15H25ClN2O2S/c1-11-12(10-17-5)8-13(16)9-14(11)21(19,20)18-7-6-15(2,3)4/h8-9,17-18H,6-7,10H2,1-5H3. The van der Waals surface area contributed by atoms with Crippen molar-refractivity contribution in [2.45, 2.75) is 45.6 Å². The monoisotopic (exact) mass is 332 g/mol. The number of benzene rings is 1. The van der Waals surface area contributed by atoms with Gasteiger partial charge in [0.2, 0.25) is 10.0 Å². The Bertz CT molecular complexity index is 592. The molecule has 21 heavy (non-hydrogen) atoms. The average molecular weight is 333 g/mol. The van der Waals surface area contributed by atoms with Crippen LogP contribution in [0.2, 0.25) is 5.02 Å². The molecule has 0 heterocycles. The summed E-state index contributed by atoms with van der Waals surface area (Å²) in [6.45, 7) is 9.04. The lowest BCUT2D eigenvalue weighted by Gasteiger charge is -2.19. The van der Waals surface area contributed by atoms with E-state index in [9.17, 15) is 8.42 Å². The number of sulfonamides is 1. The molecule has 2 N–H and O–H groups in total. The van der Waals surface area contributed by atoms with Crippen molar-refractivity contribution in [2.24, 2.45) is 5.41 Å². The van der Waals surface area contributed by atoms with Gasteiger partial charge in [0, 0.05) is 18.1 Å². The van der Waals surface area contributed by atoms with Gasteiger partial charge in [-0.3, -0.25) is 0 Å². The summed E-state index contributed by atoms with van der Waals surface area (Å²) in [6.07, 6.45) is 0.773.